The lowest BCUT2D eigenvalue weighted by Crippen LogP contribution is -2.14. The third-order valence-electron chi connectivity index (χ3n) is 2.47. The molecule has 19 heavy (non-hydrogen) atoms. The summed E-state index contributed by atoms with van der Waals surface area (Å²) in [6.45, 7) is 2.56. The lowest BCUT2D eigenvalue weighted by molar-refractivity contribution is 0.601. The Morgan fingerprint density at radius 2 is 2.21 bits per heavy atom. The van der Waals surface area contributed by atoms with Crippen molar-refractivity contribution in [3.63, 3.8) is 0 Å². The number of aryl methyl sites for hydroxylation is 1. The molecule has 2 aromatic rings. The first-order valence-corrected chi connectivity index (χ1v) is 7.39. The first-order chi connectivity index (χ1) is 8.92. The number of sulfonamides is 1. The van der Waals surface area contributed by atoms with Crippen molar-refractivity contribution in [2.24, 2.45) is 0 Å². The van der Waals surface area contributed by atoms with Gasteiger partial charge in [0.1, 0.15) is 4.90 Å². The lowest BCUT2D eigenvalue weighted by Gasteiger charge is -2.08. The summed E-state index contributed by atoms with van der Waals surface area (Å²) in [5.41, 5.74) is 6.18. The highest BCUT2D eigenvalue weighted by Gasteiger charge is 2.18. The third-order valence-corrected chi connectivity index (χ3v) is 4.15. The number of aromatic nitrogens is 2. The van der Waals surface area contributed by atoms with E-state index in [-0.39, 0.29) is 10.6 Å². The van der Waals surface area contributed by atoms with Gasteiger partial charge >= 0.3 is 0 Å². The Hall–Kier alpha value is -1.73. The average Bonchev–Trinajstić information content (AvgIpc) is 2.79. The van der Waals surface area contributed by atoms with Crippen molar-refractivity contribution in [3.8, 4) is 0 Å². The smallest absolute Gasteiger partial charge is 0.264 e. The molecule has 1 aromatic carbocycles. The topological polar surface area (TPSA) is 90.0 Å². The number of halogens is 1. The molecular formula is C11H13ClN4O2S. The summed E-state index contributed by atoms with van der Waals surface area (Å²) >= 11 is 5.79. The number of hydrogen-bond acceptors (Lipinski definition) is 4. The van der Waals surface area contributed by atoms with Crippen molar-refractivity contribution in [2.45, 2.75) is 18.4 Å². The minimum absolute atomic E-state index is 0.0516. The summed E-state index contributed by atoms with van der Waals surface area (Å²) in [7, 11) is -3.77. The third kappa shape index (κ3) is 2.99. The number of hydrogen-bond donors (Lipinski definition) is 2. The van der Waals surface area contributed by atoms with Crippen LogP contribution in [-0.4, -0.2) is 18.2 Å². The van der Waals surface area contributed by atoms with Gasteiger partial charge in [-0.3, -0.25) is 9.40 Å². The van der Waals surface area contributed by atoms with E-state index in [1.807, 2.05) is 6.92 Å². The van der Waals surface area contributed by atoms with Gasteiger partial charge in [-0.25, -0.2) is 8.42 Å². The number of rotatable bonds is 4. The molecule has 2 rings (SSSR count). The van der Waals surface area contributed by atoms with Crippen LogP contribution < -0.4 is 10.5 Å². The van der Waals surface area contributed by atoms with Crippen molar-refractivity contribution in [2.75, 3.05) is 10.5 Å². The van der Waals surface area contributed by atoms with Crippen LogP contribution in [0.5, 0.6) is 0 Å². The molecule has 0 atom stereocenters. The van der Waals surface area contributed by atoms with Crippen molar-refractivity contribution in [3.05, 3.63) is 35.6 Å². The van der Waals surface area contributed by atoms with Crippen molar-refractivity contribution in [1.82, 2.24) is 9.78 Å². The Labute approximate surface area is 116 Å². The Bertz CT molecular complexity index is 696. The molecule has 0 unspecified atom stereocenters. The van der Waals surface area contributed by atoms with Crippen LogP contribution in [0.1, 0.15) is 6.92 Å². The first-order valence-electron chi connectivity index (χ1n) is 5.52. The number of nitrogen functional groups attached to an aromatic ring is 1. The zero-order valence-electron chi connectivity index (χ0n) is 10.2. The average molecular weight is 301 g/mol. The molecule has 102 valence electrons. The highest BCUT2D eigenvalue weighted by Crippen LogP contribution is 2.24. The molecule has 3 N–H and O–H groups in total. The molecule has 8 heteroatoms. The van der Waals surface area contributed by atoms with Gasteiger partial charge in [-0.05, 0) is 25.1 Å². The van der Waals surface area contributed by atoms with Gasteiger partial charge in [0, 0.05) is 17.8 Å². The molecular weight excluding hydrogens is 288 g/mol. The van der Waals surface area contributed by atoms with Gasteiger partial charge in [0.05, 0.1) is 17.6 Å². The van der Waals surface area contributed by atoms with Crippen molar-refractivity contribution >= 4 is 33.0 Å². The molecule has 0 saturated heterocycles. The zero-order valence-corrected chi connectivity index (χ0v) is 11.7. The minimum atomic E-state index is -3.77. The number of nitrogens with two attached hydrogens (primary N) is 1. The summed E-state index contributed by atoms with van der Waals surface area (Å²) in [6.07, 6.45) is 3.03. The Kier molecular flexibility index (Phi) is 3.68. The molecule has 1 heterocycles. The first kappa shape index (κ1) is 13.7. The van der Waals surface area contributed by atoms with Crippen molar-refractivity contribution in [1.29, 1.82) is 0 Å². The van der Waals surface area contributed by atoms with Gasteiger partial charge in [0.25, 0.3) is 10.0 Å². The largest absolute Gasteiger partial charge is 0.398 e. The van der Waals surface area contributed by atoms with Gasteiger partial charge in [-0.1, -0.05) is 11.6 Å². The molecule has 0 aliphatic rings. The van der Waals surface area contributed by atoms with E-state index < -0.39 is 10.0 Å². The van der Waals surface area contributed by atoms with Gasteiger partial charge in [-0.15, -0.1) is 0 Å². The normalized spacial score (nSPS) is 11.5. The maximum absolute atomic E-state index is 12.2. The van der Waals surface area contributed by atoms with Gasteiger partial charge in [-0.2, -0.15) is 5.10 Å². The Morgan fingerprint density at radius 3 is 2.84 bits per heavy atom. The predicted octanol–water partition coefficient (Wildman–Crippen LogP) is 1.94. The standard InChI is InChI=1S/C11H13ClN4O2S/c1-2-16-7-9(6-14-16)15-19(17,18)11-5-8(12)3-4-10(11)13/h3-7,15H,2,13H2,1H3. The van der Waals surface area contributed by atoms with Crippen LogP contribution in [0.15, 0.2) is 35.5 Å². The molecule has 0 amide bonds. The van der Waals surface area contributed by atoms with Crippen LogP contribution in [-0.2, 0) is 16.6 Å². The zero-order chi connectivity index (χ0) is 14.0. The molecule has 0 aliphatic heterocycles. The van der Waals surface area contributed by atoms with Gasteiger partial charge in [0.2, 0.25) is 0 Å². The Morgan fingerprint density at radius 1 is 1.47 bits per heavy atom. The fraction of sp³-hybridized carbons (Fsp3) is 0.182. The SMILES string of the molecule is CCn1cc(NS(=O)(=O)c2cc(Cl)ccc2N)cn1. The molecule has 0 spiro atoms. The summed E-state index contributed by atoms with van der Waals surface area (Å²) in [5, 5.41) is 4.29. The van der Waals surface area contributed by atoms with E-state index in [1.165, 1.54) is 24.4 Å². The van der Waals surface area contributed by atoms with E-state index in [4.69, 9.17) is 17.3 Å². The summed E-state index contributed by atoms with van der Waals surface area (Å²) in [5.74, 6) is 0. The fourth-order valence-corrected chi connectivity index (χ4v) is 2.96. The van der Waals surface area contributed by atoms with E-state index in [2.05, 4.69) is 9.82 Å². The molecule has 6 nitrogen and oxygen atoms in total. The number of benzene rings is 1. The second kappa shape index (κ2) is 5.10. The fourth-order valence-electron chi connectivity index (χ4n) is 1.54. The monoisotopic (exact) mass is 300 g/mol. The second-order valence-electron chi connectivity index (χ2n) is 3.87. The van der Waals surface area contributed by atoms with Gasteiger partial charge in [0.15, 0.2) is 0 Å². The van der Waals surface area contributed by atoms with E-state index in [9.17, 15) is 8.42 Å². The summed E-state index contributed by atoms with van der Waals surface area (Å²) in [6, 6.07) is 4.29. The number of nitrogens with one attached hydrogen (secondary N) is 1. The maximum Gasteiger partial charge on any atom is 0.264 e. The van der Waals surface area contributed by atoms with Gasteiger partial charge < -0.3 is 5.73 Å². The highest BCUT2D eigenvalue weighted by atomic mass is 35.5. The highest BCUT2D eigenvalue weighted by molar-refractivity contribution is 7.92. The van der Waals surface area contributed by atoms with Crippen LogP contribution in [0.3, 0.4) is 0 Å². The Balaban J connectivity index is 2.34. The molecule has 0 fully saturated rings. The van der Waals surface area contributed by atoms with Crippen LogP contribution in [0.25, 0.3) is 0 Å². The number of anilines is 2. The van der Waals surface area contributed by atoms with Crippen molar-refractivity contribution < 1.29 is 8.42 Å². The molecule has 0 aliphatic carbocycles. The second-order valence-corrected chi connectivity index (χ2v) is 5.96. The number of nitrogens with zero attached hydrogens (tertiary/aromatic N) is 2. The van der Waals surface area contributed by atoms with Crippen LogP contribution in [0, 0.1) is 0 Å². The molecule has 0 bridgehead atoms. The van der Waals surface area contributed by atoms with E-state index in [0.717, 1.165) is 0 Å². The van der Waals surface area contributed by atoms with Crippen LogP contribution in [0.2, 0.25) is 5.02 Å². The van der Waals surface area contributed by atoms with Crippen LogP contribution in [0.4, 0.5) is 11.4 Å². The molecule has 0 saturated carbocycles. The summed E-state index contributed by atoms with van der Waals surface area (Å²) in [4.78, 5) is -0.0516. The molecule has 1 aromatic heterocycles. The maximum atomic E-state index is 12.2. The quantitative estimate of drug-likeness (QED) is 0.844. The predicted molar refractivity (Wildman–Crippen MR) is 74.6 cm³/mol. The summed E-state index contributed by atoms with van der Waals surface area (Å²) < 4.78 is 28.4. The molecule has 0 radical (unpaired) electrons. The minimum Gasteiger partial charge on any atom is -0.398 e. The van der Waals surface area contributed by atoms with E-state index in [1.54, 1.807) is 10.9 Å². The van der Waals surface area contributed by atoms with Crippen LogP contribution >= 0.6 is 11.6 Å². The lowest BCUT2D eigenvalue weighted by atomic mass is 10.3. The van der Waals surface area contributed by atoms with E-state index in [0.29, 0.717) is 17.3 Å². The van der Waals surface area contributed by atoms with E-state index >= 15 is 0 Å².